The summed E-state index contributed by atoms with van der Waals surface area (Å²) in [6.45, 7) is 4.71. The molecule has 0 aliphatic carbocycles. The number of rotatable bonds is 7. The largest absolute Gasteiger partial charge is 0.338 e. The third kappa shape index (κ3) is 6.39. The Morgan fingerprint density at radius 2 is 1.44 bits per heavy atom. The zero-order valence-electron chi connectivity index (χ0n) is 14.7. The summed E-state index contributed by atoms with van der Waals surface area (Å²) in [6.07, 6.45) is 0. The Balaban J connectivity index is 1.96. The molecule has 0 atom stereocenters. The van der Waals surface area contributed by atoms with E-state index in [0.29, 0.717) is 12.5 Å². The van der Waals surface area contributed by atoms with Crippen molar-refractivity contribution in [1.29, 1.82) is 0 Å². The summed E-state index contributed by atoms with van der Waals surface area (Å²) < 4.78 is 0. The van der Waals surface area contributed by atoms with Crippen LogP contribution in [0.1, 0.15) is 31.0 Å². The predicted octanol–water partition coefficient (Wildman–Crippen LogP) is 1.82. The van der Waals surface area contributed by atoms with Gasteiger partial charge in [-0.3, -0.25) is 10.1 Å². The van der Waals surface area contributed by atoms with Crippen LogP contribution in [-0.2, 0) is 4.79 Å². The molecule has 0 saturated heterocycles. The number of amides is 3. The molecule has 5 heteroatoms. The van der Waals surface area contributed by atoms with Crippen LogP contribution in [0, 0.1) is 5.92 Å². The molecule has 0 aliphatic rings. The lowest BCUT2D eigenvalue weighted by molar-refractivity contribution is -0.676. The molecule has 4 N–H and O–H groups in total. The first kappa shape index (κ1) is 18.7. The van der Waals surface area contributed by atoms with E-state index < -0.39 is 6.03 Å². The summed E-state index contributed by atoms with van der Waals surface area (Å²) >= 11 is 0. The van der Waals surface area contributed by atoms with E-state index in [9.17, 15) is 9.59 Å². The molecule has 0 saturated carbocycles. The monoisotopic (exact) mass is 340 g/mol. The molecule has 0 heterocycles. The highest BCUT2D eigenvalue weighted by Gasteiger charge is 2.19. The second-order valence-electron chi connectivity index (χ2n) is 6.39. The van der Waals surface area contributed by atoms with Crippen molar-refractivity contribution >= 4 is 11.9 Å². The fourth-order valence-corrected chi connectivity index (χ4v) is 2.53. The van der Waals surface area contributed by atoms with Gasteiger partial charge in [-0.05, 0) is 5.92 Å². The normalized spacial score (nSPS) is 10.7. The predicted molar refractivity (Wildman–Crippen MR) is 97.9 cm³/mol. The summed E-state index contributed by atoms with van der Waals surface area (Å²) in [5.41, 5.74) is 2.23. The van der Waals surface area contributed by atoms with Crippen molar-refractivity contribution in [2.75, 3.05) is 13.1 Å². The van der Waals surface area contributed by atoms with Gasteiger partial charge in [0, 0.05) is 17.7 Å². The number of carbonyl (C=O) groups excluding carboxylic acids is 2. The standard InChI is InChI=1S/C20H25N3O2/c1-15(2)13-22-20(25)23-18(24)14-21-19(16-9-5-3-6-10-16)17-11-7-4-8-12-17/h3-12,15,19,21H,13-14H2,1-2H3,(H2,22,23,24,25)/p+1. The van der Waals surface area contributed by atoms with Crippen molar-refractivity contribution < 1.29 is 14.9 Å². The van der Waals surface area contributed by atoms with Gasteiger partial charge in [0.1, 0.15) is 6.04 Å². The van der Waals surface area contributed by atoms with Crippen LogP contribution < -0.4 is 16.0 Å². The Labute approximate surface area is 148 Å². The molecule has 0 spiro atoms. The third-order valence-electron chi connectivity index (χ3n) is 3.78. The van der Waals surface area contributed by atoms with Gasteiger partial charge in [0.2, 0.25) is 0 Å². The Bertz CT molecular complexity index is 632. The Morgan fingerprint density at radius 1 is 0.920 bits per heavy atom. The molecule has 2 aromatic rings. The van der Waals surface area contributed by atoms with E-state index in [1.807, 2.05) is 79.8 Å². The van der Waals surface area contributed by atoms with Gasteiger partial charge < -0.3 is 10.6 Å². The number of urea groups is 1. The third-order valence-corrected chi connectivity index (χ3v) is 3.78. The van der Waals surface area contributed by atoms with Crippen LogP contribution in [0.4, 0.5) is 4.79 Å². The number of carbonyl (C=O) groups is 2. The molecule has 0 radical (unpaired) electrons. The van der Waals surface area contributed by atoms with Crippen LogP contribution in [-0.4, -0.2) is 25.0 Å². The van der Waals surface area contributed by atoms with Crippen molar-refractivity contribution in [2.45, 2.75) is 19.9 Å². The highest BCUT2D eigenvalue weighted by Crippen LogP contribution is 2.17. The van der Waals surface area contributed by atoms with Crippen LogP contribution in [0.2, 0.25) is 0 Å². The van der Waals surface area contributed by atoms with Crippen molar-refractivity contribution in [3.05, 3.63) is 71.8 Å². The molecule has 0 fully saturated rings. The Morgan fingerprint density at radius 3 is 1.92 bits per heavy atom. The van der Waals surface area contributed by atoms with Gasteiger partial charge in [-0.2, -0.15) is 0 Å². The second kappa shape index (κ2) is 9.59. The van der Waals surface area contributed by atoms with Crippen molar-refractivity contribution in [2.24, 2.45) is 5.92 Å². The van der Waals surface area contributed by atoms with E-state index in [-0.39, 0.29) is 18.5 Å². The molecule has 0 bridgehead atoms. The number of benzene rings is 2. The van der Waals surface area contributed by atoms with Gasteiger partial charge in [-0.25, -0.2) is 4.79 Å². The number of nitrogens with two attached hydrogens (primary N) is 1. The van der Waals surface area contributed by atoms with Crippen LogP contribution >= 0.6 is 0 Å². The number of hydrogen-bond donors (Lipinski definition) is 3. The molecular weight excluding hydrogens is 314 g/mol. The van der Waals surface area contributed by atoms with Gasteiger partial charge in [-0.1, -0.05) is 74.5 Å². The minimum Gasteiger partial charge on any atom is -0.338 e. The minimum absolute atomic E-state index is 0.00637. The smallest absolute Gasteiger partial charge is 0.321 e. The number of imide groups is 1. The molecule has 132 valence electrons. The topological polar surface area (TPSA) is 74.8 Å². The molecule has 25 heavy (non-hydrogen) atoms. The highest BCUT2D eigenvalue weighted by molar-refractivity contribution is 5.94. The number of hydrogen-bond acceptors (Lipinski definition) is 2. The van der Waals surface area contributed by atoms with E-state index in [1.54, 1.807) is 0 Å². The summed E-state index contributed by atoms with van der Waals surface area (Å²) in [6, 6.07) is 19.6. The Kier molecular flexibility index (Phi) is 7.16. The SMILES string of the molecule is CC(C)CNC(=O)NC(=O)C[NH2+]C(c1ccccc1)c1ccccc1. The zero-order valence-corrected chi connectivity index (χ0v) is 14.7. The van der Waals surface area contributed by atoms with Crippen LogP contribution in [0.15, 0.2) is 60.7 Å². The summed E-state index contributed by atoms with van der Waals surface area (Å²) in [5.74, 6) is 0.0334. The van der Waals surface area contributed by atoms with Gasteiger partial charge in [0.15, 0.2) is 6.54 Å². The van der Waals surface area contributed by atoms with E-state index in [4.69, 9.17) is 0 Å². The van der Waals surface area contributed by atoms with E-state index >= 15 is 0 Å². The average molecular weight is 340 g/mol. The fraction of sp³-hybridized carbons (Fsp3) is 0.300. The molecule has 2 rings (SSSR count). The van der Waals surface area contributed by atoms with E-state index in [1.165, 1.54) is 0 Å². The maximum absolute atomic E-state index is 12.1. The van der Waals surface area contributed by atoms with Crippen molar-refractivity contribution in [3.63, 3.8) is 0 Å². The van der Waals surface area contributed by atoms with Gasteiger partial charge in [0.25, 0.3) is 5.91 Å². The fourth-order valence-electron chi connectivity index (χ4n) is 2.53. The second-order valence-corrected chi connectivity index (χ2v) is 6.39. The van der Waals surface area contributed by atoms with Crippen molar-refractivity contribution in [1.82, 2.24) is 10.6 Å². The lowest BCUT2D eigenvalue weighted by Crippen LogP contribution is -2.88. The zero-order chi connectivity index (χ0) is 18.1. The minimum atomic E-state index is -0.442. The quantitative estimate of drug-likeness (QED) is 0.719. The first-order valence-corrected chi connectivity index (χ1v) is 8.57. The molecular formula is C20H26N3O2+. The molecule has 2 aromatic carbocycles. The molecule has 5 nitrogen and oxygen atoms in total. The number of quaternary nitrogens is 1. The van der Waals surface area contributed by atoms with E-state index in [0.717, 1.165) is 11.1 Å². The van der Waals surface area contributed by atoms with Gasteiger partial charge in [0.05, 0.1) is 0 Å². The number of nitrogens with one attached hydrogen (secondary N) is 2. The molecule has 0 aliphatic heterocycles. The van der Waals surface area contributed by atoms with Crippen LogP contribution in [0.5, 0.6) is 0 Å². The molecule has 0 unspecified atom stereocenters. The van der Waals surface area contributed by atoms with Gasteiger partial charge in [-0.15, -0.1) is 0 Å². The van der Waals surface area contributed by atoms with Crippen molar-refractivity contribution in [3.8, 4) is 0 Å². The summed E-state index contributed by atoms with van der Waals surface area (Å²) in [4.78, 5) is 23.7. The average Bonchev–Trinajstić information content (AvgIpc) is 2.62. The summed E-state index contributed by atoms with van der Waals surface area (Å²) in [5, 5.41) is 6.99. The lowest BCUT2D eigenvalue weighted by atomic mass is 9.99. The molecule has 3 amide bonds. The van der Waals surface area contributed by atoms with Crippen LogP contribution in [0.3, 0.4) is 0 Å². The molecule has 0 aromatic heterocycles. The first-order valence-electron chi connectivity index (χ1n) is 8.57. The van der Waals surface area contributed by atoms with Crippen LogP contribution in [0.25, 0.3) is 0 Å². The van der Waals surface area contributed by atoms with E-state index in [2.05, 4.69) is 10.6 Å². The van der Waals surface area contributed by atoms with Gasteiger partial charge >= 0.3 is 6.03 Å². The summed E-state index contributed by atoms with van der Waals surface area (Å²) in [7, 11) is 0. The first-order chi connectivity index (χ1) is 12.1. The maximum atomic E-state index is 12.1. The highest BCUT2D eigenvalue weighted by atomic mass is 16.2. The Hall–Kier alpha value is -2.66. The lowest BCUT2D eigenvalue weighted by Gasteiger charge is -2.16. The maximum Gasteiger partial charge on any atom is 0.321 e.